The Hall–Kier alpha value is -3.09. The third-order valence-corrected chi connectivity index (χ3v) is 5.70. The van der Waals surface area contributed by atoms with Crippen molar-refractivity contribution in [2.75, 3.05) is 20.3 Å². The van der Waals surface area contributed by atoms with Gasteiger partial charge in [0.2, 0.25) is 0 Å². The number of aromatic nitrogens is 2. The van der Waals surface area contributed by atoms with Crippen molar-refractivity contribution in [1.82, 2.24) is 19.9 Å². The van der Waals surface area contributed by atoms with Gasteiger partial charge in [0.1, 0.15) is 11.6 Å². The number of hydroxylamine groups is 1. The van der Waals surface area contributed by atoms with Crippen molar-refractivity contribution in [2.45, 2.75) is 26.4 Å². The smallest absolute Gasteiger partial charge is 0.140 e. The summed E-state index contributed by atoms with van der Waals surface area (Å²) in [6, 6.07) is 16.5. The molecule has 162 valence electrons. The molecule has 1 aliphatic rings. The van der Waals surface area contributed by atoms with Gasteiger partial charge < -0.3 is 9.30 Å². The van der Waals surface area contributed by atoms with E-state index in [4.69, 9.17) is 14.6 Å². The first-order valence-corrected chi connectivity index (χ1v) is 10.7. The van der Waals surface area contributed by atoms with Gasteiger partial charge in [-0.25, -0.2) is 4.98 Å². The Labute approximate surface area is 184 Å². The summed E-state index contributed by atoms with van der Waals surface area (Å²) in [5.41, 5.74) is 9.27. The summed E-state index contributed by atoms with van der Waals surface area (Å²) in [5, 5.41) is 0. The lowest BCUT2D eigenvalue weighted by molar-refractivity contribution is 0.137. The zero-order valence-electron chi connectivity index (χ0n) is 18.5. The topological polar surface area (TPSA) is 51.5 Å². The molecule has 31 heavy (non-hydrogen) atoms. The van der Waals surface area contributed by atoms with E-state index in [1.54, 1.807) is 7.11 Å². The lowest BCUT2D eigenvalue weighted by Gasteiger charge is -2.27. The summed E-state index contributed by atoms with van der Waals surface area (Å²) in [6.45, 7) is 9.46. The minimum atomic E-state index is 0.678. The number of rotatable bonds is 8. The fraction of sp³-hybridized carbons (Fsp3) is 0.320. The van der Waals surface area contributed by atoms with Crippen molar-refractivity contribution in [3.63, 3.8) is 0 Å². The normalized spacial score (nSPS) is 13.6. The molecule has 0 bridgehead atoms. The zero-order chi connectivity index (χ0) is 21.8. The maximum atomic E-state index is 5.82. The maximum Gasteiger partial charge on any atom is 0.140 e. The predicted molar refractivity (Wildman–Crippen MR) is 123 cm³/mol. The van der Waals surface area contributed by atoms with Gasteiger partial charge in [-0.3, -0.25) is 15.2 Å². The number of fused-ring (bicyclic) bond motifs is 1. The minimum absolute atomic E-state index is 0.678. The van der Waals surface area contributed by atoms with Gasteiger partial charge in [0.15, 0.2) is 0 Å². The van der Waals surface area contributed by atoms with E-state index in [-0.39, 0.29) is 0 Å². The minimum Gasteiger partial charge on any atom is -0.494 e. The zero-order valence-corrected chi connectivity index (χ0v) is 18.5. The molecule has 4 rings (SSSR count). The lowest BCUT2D eigenvalue weighted by Crippen LogP contribution is -2.31. The largest absolute Gasteiger partial charge is 0.494 e. The van der Waals surface area contributed by atoms with Gasteiger partial charge in [-0.05, 0) is 24.6 Å². The van der Waals surface area contributed by atoms with Crippen LogP contribution in [0.2, 0.25) is 0 Å². The highest BCUT2D eigenvalue weighted by Crippen LogP contribution is 2.29. The third kappa shape index (κ3) is 4.50. The summed E-state index contributed by atoms with van der Waals surface area (Å²) in [6.07, 6.45) is 0.942. The molecule has 2 aromatic carbocycles. The Bertz CT molecular complexity index is 1070. The van der Waals surface area contributed by atoms with E-state index in [1.807, 2.05) is 25.1 Å². The standard InChI is InChI=1S/C25H30N4O2/c1-5-31-24-12-7-6-9-21(24)16-29-14-13-22-23(17-29)28(3)25(26-22)20-11-8-10-19(15-20)18(2)27-30-4/h6-12,15,27H,2,5,13-14,16-17H2,1,3-4H3. The molecule has 1 aliphatic heterocycles. The van der Waals surface area contributed by atoms with Crippen LogP contribution in [0.15, 0.2) is 55.1 Å². The van der Waals surface area contributed by atoms with Crippen LogP contribution in [-0.2, 0) is 31.4 Å². The van der Waals surface area contributed by atoms with E-state index in [1.165, 1.54) is 17.0 Å². The van der Waals surface area contributed by atoms with Crippen LogP contribution in [0.3, 0.4) is 0 Å². The van der Waals surface area contributed by atoms with Gasteiger partial charge in [-0.15, -0.1) is 0 Å². The molecule has 0 spiro atoms. The molecule has 0 saturated heterocycles. The van der Waals surface area contributed by atoms with Crippen molar-refractivity contribution in [3.05, 3.63) is 77.6 Å². The second-order valence-electron chi connectivity index (χ2n) is 7.75. The number of hydrogen-bond acceptors (Lipinski definition) is 5. The van der Waals surface area contributed by atoms with Crippen LogP contribution in [0, 0.1) is 0 Å². The Morgan fingerprint density at radius 2 is 2.03 bits per heavy atom. The van der Waals surface area contributed by atoms with Crippen LogP contribution >= 0.6 is 0 Å². The summed E-state index contributed by atoms with van der Waals surface area (Å²) >= 11 is 0. The van der Waals surface area contributed by atoms with Gasteiger partial charge in [-0.1, -0.05) is 43.0 Å². The Morgan fingerprint density at radius 3 is 2.84 bits per heavy atom. The van der Waals surface area contributed by atoms with Gasteiger partial charge in [-0.2, -0.15) is 0 Å². The number of para-hydroxylation sites is 1. The SMILES string of the molecule is C=C(NOC)c1cccc(-c2nc3c(n2C)CN(Cc2ccccc2OCC)CC3)c1. The van der Waals surface area contributed by atoms with E-state index in [9.17, 15) is 0 Å². The number of imidazole rings is 1. The first-order chi connectivity index (χ1) is 15.1. The van der Waals surface area contributed by atoms with Gasteiger partial charge in [0.25, 0.3) is 0 Å². The molecule has 0 unspecified atom stereocenters. The number of nitrogens with zero attached hydrogens (tertiary/aromatic N) is 3. The molecule has 6 heteroatoms. The lowest BCUT2D eigenvalue weighted by atomic mass is 10.1. The maximum absolute atomic E-state index is 5.82. The van der Waals surface area contributed by atoms with Crippen LogP contribution in [-0.4, -0.2) is 34.7 Å². The molecule has 1 N–H and O–H groups in total. The molecule has 0 atom stereocenters. The molecule has 1 aromatic heterocycles. The fourth-order valence-electron chi connectivity index (χ4n) is 4.13. The van der Waals surface area contributed by atoms with Crippen LogP contribution < -0.4 is 10.2 Å². The second-order valence-corrected chi connectivity index (χ2v) is 7.75. The van der Waals surface area contributed by atoms with Gasteiger partial charge in [0, 0.05) is 44.2 Å². The van der Waals surface area contributed by atoms with Crippen LogP contribution in [0.1, 0.15) is 29.4 Å². The molecule has 6 nitrogen and oxygen atoms in total. The summed E-state index contributed by atoms with van der Waals surface area (Å²) in [4.78, 5) is 12.4. The molecule has 0 fully saturated rings. The average molecular weight is 419 g/mol. The Morgan fingerprint density at radius 1 is 1.19 bits per heavy atom. The van der Waals surface area contributed by atoms with Crippen molar-refractivity contribution >= 4 is 5.70 Å². The molecule has 0 radical (unpaired) electrons. The molecule has 0 aliphatic carbocycles. The van der Waals surface area contributed by atoms with Crippen molar-refractivity contribution in [1.29, 1.82) is 0 Å². The highest BCUT2D eigenvalue weighted by molar-refractivity contribution is 5.68. The van der Waals surface area contributed by atoms with Crippen LogP contribution in [0.25, 0.3) is 17.1 Å². The number of ether oxygens (including phenoxy) is 1. The Balaban J connectivity index is 1.56. The van der Waals surface area contributed by atoms with E-state index >= 15 is 0 Å². The average Bonchev–Trinajstić information content (AvgIpc) is 3.12. The quantitative estimate of drug-likeness (QED) is 0.557. The number of benzene rings is 2. The van der Waals surface area contributed by atoms with E-state index in [0.29, 0.717) is 6.61 Å². The summed E-state index contributed by atoms with van der Waals surface area (Å²) in [5.74, 6) is 1.96. The van der Waals surface area contributed by atoms with Crippen molar-refractivity contribution in [2.24, 2.45) is 7.05 Å². The summed E-state index contributed by atoms with van der Waals surface area (Å²) in [7, 11) is 3.69. The van der Waals surface area contributed by atoms with Gasteiger partial charge >= 0.3 is 0 Å². The summed E-state index contributed by atoms with van der Waals surface area (Å²) < 4.78 is 8.04. The van der Waals surface area contributed by atoms with E-state index in [2.05, 4.69) is 58.9 Å². The predicted octanol–water partition coefficient (Wildman–Crippen LogP) is 4.17. The highest BCUT2D eigenvalue weighted by atomic mass is 16.6. The van der Waals surface area contributed by atoms with Crippen molar-refractivity contribution in [3.8, 4) is 17.1 Å². The molecular weight excluding hydrogens is 388 g/mol. The number of hydrogen-bond donors (Lipinski definition) is 1. The third-order valence-electron chi connectivity index (χ3n) is 5.70. The van der Waals surface area contributed by atoms with Gasteiger partial charge in [0.05, 0.1) is 30.8 Å². The molecule has 2 heterocycles. The van der Waals surface area contributed by atoms with E-state index < -0.39 is 0 Å². The second kappa shape index (κ2) is 9.37. The first-order valence-electron chi connectivity index (χ1n) is 10.7. The first kappa shape index (κ1) is 21.2. The molecular formula is C25H30N4O2. The fourth-order valence-corrected chi connectivity index (χ4v) is 4.13. The molecule has 0 saturated carbocycles. The highest BCUT2D eigenvalue weighted by Gasteiger charge is 2.24. The number of nitrogens with one attached hydrogen (secondary N) is 1. The van der Waals surface area contributed by atoms with Crippen LogP contribution in [0.5, 0.6) is 5.75 Å². The van der Waals surface area contributed by atoms with Crippen LogP contribution in [0.4, 0.5) is 0 Å². The van der Waals surface area contributed by atoms with E-state index in [0.717, 1.165) is 54.5 Å². The Kier molecular flexibility index (Phi) is 6.39. The molecule has 3 aromatic rings. The monoisotopic (exact) mass is 418 g/mol. The van der Waals surface area contributed by atoms with Crippen molar-refractivity contribution < 1.29 is 9.57 Å². The molecule has 0 amide bonds.